The summed E-state index contributed by atoms with van der Waals surface area (Å²) >= 11 is 5.94. The van der Waals surface area contributed by atoms with Crippen molar-refractivity contribution in [2.45, 2.75) is 12.6 Å². The molecule has 3 aromatic rings. The van der Waals surface area contributed by atoms with E-state index in [0.717, 1.165) is 11.1 Å². The normalized spacial score (nSPS) is 15.2. The first kappa shape index (κ1) is 22.1. The van der Waals surface area contributed by atoms with E-state index >= 15 is 0 Å². The Balaban J connectivity index is 1.43. The topological polar surface area (TPSA) is 52.7 Å². The Morgan fingerprint density at radius 2 is 1.41 bits per heavy atom. The summed E-state index contributed by atoms with van der Waals surface area (Å²) in [5.41, 5.74) is 2.64. The zero-order valence-corrected chi connectivity index (χ0v) is 18.5. The number of benzene rings is 3. The molecular formula is C26H26ClN3O2. The van der Waals surface area contributed by atoms with E-state index in [1.165, 1.54) is 0 Å². The van der Waals surface area contributed by atoms with Crippen LogP contribution in [0.5, 0.6) is 0 Å². The van der Waals surface area contributed by atoms with Crippen LogP contribution in [0.3, 0.4) is 0 Å². The van der Waals surface area contributed by atoms with Crippen molar-refractivity contribution in [3.8, 4) is 0 Å². The van der Waals surface area contributed by atoms with Gasteiger partial charge in [-0.1, -0.05) is 72.3 Å². The smallest absolute Gasteiger partial charge is 0.253 e. The highest BCUT2D eigenvalue weighted by molar-refractivity contribution is 6.30. The average molecular weight is 448 g/mol. The molecule has 3 aromatic carbocycles. The van der Waals surface area contributed by atoms with Crippen LogP contribution in [0.15, 0.2) is 84.9 Å². The van der Waals surface area contributed by atoms with E-state index in [2.05, 4.69) is 10.2 Å². The minimum Gasteiger partial charge on any atom is -0.350 e. The van der Waals surface area contributed by atoms with Crippen LogP contribution in [0.2, 0.25) is 5.02 Å². The molecule has 0 unspecified atom stereocenters. The predicted octanol–water partition coefficient (Wildman–Crippen LogP) is 4.16. The number of nitrogens with one attached hydrogen (secondary N) is 1. The van der Waals surface area contributed by atoms with Gasteiger partial charge in [0, 0.05) is 43.3 Å². The number of hydrogen-bond donors (Lipinski definition) is 1. The lowest BCUT2D eigenvalue weighted by atomic mass is 10.0. The minimum absolute atomic E-state index is 0.00823. The number of carbonyl (C=O) groups is 2. The lowest BCUT2D eigenvalue weighted by Crippen LogP contribution is -2.52. The number of rotatable bonds is 6. The van der Waals surface area contributed by atoms with Gasteiger partial charge in [-0.25, -0.2) is 0 Å². The minimum atomic E-state index is -0.396. The van der Waals surface area contributed by atoms with E-state index in [9.17, 15) is 9.59 Å². The Hall–Kier alpha value is -3.15. The van der Waals surface area contributed by atoms with Crippen molar-refractivity contribution < 1.29 is 9.59 Å². The first-order chi connectivity index (χ1) is 15.6. The molecule has 0 saturated carbocycles. The van der Waals surface area contributed by atoms with Gasteiger partial charge in [0.1, 0.15) is 6.04 Å². The van der Waals surface area contributed by atoms with Crippen LogP contribution in [0.1, 0.15) is 27.5 Å². The molecule has 1 aliphatic heterocycles. The summed E-state index contributed by atoms with van der Waals surface area (Å²) in [6.45, 7) is 2.86. The highest BCUT2D eigenvalue weighted by Crippen LogP contribution is 2.23. The second-order valence-electron chi connectivity index (χ2n) is 7.85. The third kappa shape index (κ3) is 5.36. The lowest BCUT2D eigenvalue weighted by molar-refractivity contribution is -0.127. The van der Waals surface area contributed by atoms with Gasteiger partial charge in [-0.05, 0) is 35.4 Å². The van der Waals surface area contributed by atoms with E-state index in [-0.39, 0.29) is 11.8 Å². The highest BCUT2D eigenvalue weighted by atomic mass is 35.5. The SMILES string of the molecule is O=C(NCc1ccccc1)[C@@H](c1ccccc1)N1CCN(C(=O)c2ccc(Cl)cc2)CC1. The molecule has 1 heterocycles. The number of nitrogens with zero attached hydrogens (tertiary/aromatic N) is 2. The summed E-state index contributed by atoms with van der Waals surface area (Å²) < 4.78 is 0. The third-order valence-electron chi connectivity index (χ3n) is 5.73. The van der Waals surface area contributed by atoms with Gasteiger partial charge in [0.2, 0.25) is 5.91 Å². The van der Waals surface area contributed by atoms with Gasteiger partial charge in [-0.15, -0.1) is 0 Å². The molecule has 6 heteroatoms. The van der Waals surface area contributed by atoms with Crippen LogP contribution < -0.4 is 5.32 Å². The Morgan fingerprint density at radius 1 is 0.812 bits per heavy atom. The maximum absolute atomic E-state index is 13.2. The summed E-state index contributed by atoms with van der Waals surface area (Å²) in [6, 6.07) is 26.3. The summed E-state index contributed by atoms with van der Waals surface area (Å²) in [6.07, 6.45) is 0. The van der Waals surface area contributed by atoms with Crippen molar-refractivity contribution in [2.24, 2.45) is 0 Å². The van der Waals surface area contributed by atoms with Crippen LogP contribution in [0, 0.1) is 0 Å². The first-order valence-corrected chi connectivity index (χ1v) is 11.1. The average Bonchev–Trinajstić information content (AvgIpc) is 2.85. The molecule has 164 valence electrons. The van der Waals surface area contributed by atoms with Crippen molar-refractivity contribution in [1.29, 1.82) is 0 Å². The molecule has 1 aliphatic rings. The quantitative estimate of drug-likeness (QED) is 0.617. The van der Waals surface area contributed by atoms with Crippen LogP contribution in [-0.2, 0) is 11.3 Å². The predicted molar refractivity (Wildman–Crippen MR) is 126 cm³/mol. The third-order valence-corrected chi connectivity index (χ3v) is 5.98. The lowest BCUT2D eigenvalue weighted by Gasteiger charge is -2.38. The molecular weight excluding hydrogens is 422 g/mol. The van der Waals surface area contributed by atoms with Crippen molar-refractivity contribution >= 4 is 23.4 Å². The molecule has 0 spiro atoms. The van der Waals surface area contributed by atoms with Crippen molar-refractivity contribution in [2.75, 3.05) is 26.2 Å². The molecule has 0 aliphatic carbocycles. The molecule has 1 N–H and O–H groups in total. The number of carbonyl (C=O) groups excluding carboxylic acids is 2. The molecule has 32 heavy (non-hydrogen) atoms. The van der Waals surface area contributed by atoms with E-state index in [1.54, 1.807) is 24.3 Å². The molecule has 2 amide bonds. The number of piperazine rings is 1. The van der Waals surface area contributed by atoms with Crippen molar-refractivity contribution in [3.63, 3.8) is 0 Å². The van der Waals surface area contributed by atoms with Crippen LogP contribution in [0.4, 0.5) is 0 Å². The van der Waals surface area contributed by atoms with Crippen molar-refractivity contribution in [1.82, 2.24) is 15.1 Å². The summed E-state index contributed by atoms with van der Waals surface area (Å²) in [5, 5.41) is 3.70. The molecule has 1 atom stereocenters. The van der Waals surface area contributed by atoms with Gasteiger partial charge in [0.15, 0.2) is 0 Å². The van der Waals surface area contributed by atoms with Gasteiger partial charge < -0.3 is 10.2 Å². The summed E-state index contributed by atoms with van der Waals surface area (Å²) in [7, 11) is 0. The Labute approximate surface area is 193 Å². The maximum atomic E-state index is 13.2. The number of amides is 2. The molecule has 4 rings (SSSR count). The summed E-state index contributed by atoms with van der Waals surface area (Å²) in [4.78, 5) is 30.1. The second kappa shape index (κ2) is 10.4. The zero-order chi connectivity index (χ0) is 22.3. The standard InChI is InChI=1S/C26H26ClN3O2/c27-23-13-11-22(12-14-23)26(32)30-17-15-29(16-18-30)24(21-9-5-2-6-10-21)25(31)28-19-20-7-3-1-4-8-20/h1-14,24H,15-19H2,(H,28,31)/t24-/m1/s1. The zero-order valence-electron chi connectivity index (χ0n) is 17.8. The van der Waals surface area contributed by atoms with Crippen LogP contribution in [0.25, 0.3) is 0 Å². The fourth-order valence-corrected chi connectivity index (χ4v) is 4.13. The Morgan fingerprint density at radius 3 is 2.03 bits per heavy atom. The second-order valence-corrected chi connectivity index (χ2v) is 8.29. The monoisotopic (exact) mass is 447 g/mol. The molecule has 5 nitrogen and oxygen atoms in total. The van der Waals surface area contributed by atoms with Gasteiger partial charge >= 0.3 is 0 Å². The fourth-order valence-electron chi connectivity index (χ4n) is 4.00. The van der Waals surface area contributed by atoms with Crippen LogP contribution in [-0.4, -0.2) is 47.8 Å². The Bertz CT molecular complexity index is 1030. The summed E-state index contributed by atoms with van der Waals surface area (Å²) in [5.74, 6) is -0.0383. The van der Waals surface area contributed by atoms with Gasteiger partial charge in [0.25, 0.3) is 5.91 Å². The number of hydrogen-bond acceptors (Lipinski definition) is 3. The van der Waals surface area contributed by atoms with Gasteiger partial charge in [0.05, 0.1) is 0 Å². The van der Waals surface area contributed by atoms with E-state index in [0.29, 0.717) is 43.3 Å². The molecule has 0 bridgehead atoms. The molecule has 1 saturated heterocycles. The van der Waals surface area contributed by atoms with E-state index < -0.39 is 6.04 Å². The maximum Gasteiger partial charge on any atom is 0.253 e. The molecule has 0 aromatic heterocycles. The van der Waals surface area contributed by atoms with Gasteiger partial charge in [-0.3, -0.25) is 14.5 Å². The highest BCUT2D eigenvalue weighted by Gasteiger charge is 2.31. The van der Waals surface area contributed by atoms with Gasteiger partial charge in [-0.2, -0.15) is 0 Å². The first-order valence-electron chi connectivity index (χ1n) is 10.8. The van der Waals surface area contributed by atoms with Crippen LogP contribution >= 0.6 is 11.6 Å². The number of halogens is 1. The molecule has 1 fully saturated rings. The largest absolute Gasteiger partial charge is 0.350 e. The fraction of sp³-hybridized carbons (Fsp3) is 0.231. The van der Waals surface area contributed by atoms with E-state index in [4.69, 9.17) is 11.6 Å². The van der Waals surface area contributed by atoms with E-state index in [1.807, 2.05) is 65.6 Å². The Kier molecular flexibility index (Phi) is 7.20. The van der Waals surface area contributed by atoms with Crippen molar-refractivity contribution in [3.05, 3.63) is 107 Å². The molecule has 0 radical (unpaired) electrons.